The van der Waals surface area contributed by atoms with Crippen molar-refractivity contribution in [2.45, 2.75) is 37.6 Å². The Bertz CT molecular complexity index is 643. The highest BCUT2D eigenvalue weighted by molar-refractivity contribution is 7.89. The molecule has 0 aliphatic carbocycles. The number of hydrogen-bond donors (Lipinski definition) is 1. The number of hydrogen-bond acceptors (Lipinski definition) is 3. The van der Waals surface area contributed by atoms with Crippen molar-refractivity contribution < 1.29 is 12.8 Å². The highest BCUT2D eigenvalue weighted by Crippen LogP contribution is 2.21. The Morgan fingerprint density at radius 3 is 2.43 bits per heavy atom. The summed E-state index contributed by atoms with van der Waals surface area (Å²) in [6, 6.07) is 3.65. The van der Waals surface area contributed by atoms with E-state index in [1.807, 2.05) is 13.8 Å². The molecule has 0 atom stereocenters. The number of rotatable bonds is 5. The Kier molecular flexibility index (Phi) is 6.34. The summed E-state index contributed by atoms with van der Waals surface area (Å²) >= 11 is 0. The molecule has 0 heterocycles. The lowest BCUT2D eigenvalue weighted by molar-refractivity contribution is 0.349. The third-order valence-electron chi connectivity index (χ3n) is 3.40. The van der Waals surface area contributed by atoms with Crippen LogP contribution in [0.25, 0.3) is 0 Å². The van der Waals surface area contributed by atoms with Gasteiger partial charge in [0.15, 0.2) is 0 Å². The van der Waals surface area contributed by atoms with Crippen molar-refractivity contribution in [2.24, 2.45) is 5.73 Å². The first kappa shape index (κ1) is 17.6. The largest absolute Gasteiger partial charge is 0.320 e. The first-order chi connectivity index (χ1) is 9.88. The molecule has 21 heavy (non-hydrogen) atoms. The average Bonchev–Trinajstić information content (AvgIpc) is 2.47. The molecular formula is C15H21FN2O2S. The van der Waals surface area contributed by atoms with E-state index in [0.717, 1.165) is 6.07 Å². The van der Waals surface area contributed by atoms with Gasteiger partial charge in [-0.15, -0.1) is 0 Å². The smallest absolute Gasteiger partial charge is 0.243 e. The lowest BCUT2D eigenvalue weighted by atomic mass is 10.2. The van der Waals surface area contributed by atoms with Crippen molar-refractivity contribution >= 4 is 10.0 Å². The molecule has 1 aromatic carbocycles. The molecule has 0 aromatic heterocycles. The first-order valence-corrected chi connectivity index (χ1v) is 8.29. The van der Waals surface area contributed by atoms with Crippen LogP contribution in [0.15, 0.2) is 23.1 Å². The molecule has 0 aliphatic heterocycles. The molecule has 0 aliphatic rings. The number of sulfonamides is 1. The molecule has 0 fully saturated rings. The fraction of sp³-hybridized carbons (Fsp3) is 0.467. The van der Waals surface area contributed by atoms with Crippen LogP contribution in [-0.4, -0.2) is 32.4 Å². The van der Waals surface area contributed by atoms with Gasteiger partial charge in [-0.1, -0.05) is 25.7 Å². The van der Waals surface area contributed by atoms with E-state index in [2.05, 4.69) is 11.8 Å². The molecule has 0 amide bonds. The zero-order chi connectivity index (χ0) is 16.0. The summed E-state index contributed by atoms with van der Waals surface area (Å²) in [5.41, 5.74) is 5.37. The van der Waals surface area contributed by atoms with Crippen molar-refractivity contribution in [1.82, 2.24) is 4.31 Å². The normalized spacial score (nSPS) is 11.6. The molecule has 6 heteroatoms. The highest BCUT2D eigenvalue weighted by Gasteiger charge is 2.26. The van der Waals surface area contributed by atoms with Gasteiger partial charge in [0.1, 0.15) is 5.82 Å². The van der Waals surface area contributed by atoms with Gasteiger partial charge in [-0.25, -0.2) is 12.8 Å². The van der Waals surface area contributed by atoms with Gasteiger partial charge in [-0.2, -0.15) is 4.31 Å². The van der Waals surface area contributed by atoms with Gasteiger partial charge >= 0.3 is 0 Å². The Hall–Kier alpha value is -1.42. The van der Waals surface area contributed by atoms with Crippen LogP contribution < -0.4 is 5.73 Å². The maximum atomic E-state index is 13.9. The van der Waals surface area contributed by atoms with Gasteiger partial charge in [-0.3, -0.25) is 0 Å². The molecule has 1 aromatic rings. The summed E-state index contributed by atoms with van der Waals surface area (Å²) < 4.78 is 40.1. The van der Waals surface area contributed by atoms with E-state index >= 15 is 0 Å². The summed E-state index contributed by atoms with van der Waals surface area (Å²) in [6.45, 7) is 3.97. The zero-order valence-electron chi connectivity index (χ0n) is 12.6. The monoisotopic (exact) mass is 312 g/mol. The van der Waals surface area contributed by atoms with Crippen LogP contribution >= 0.6 is 0 Å². The van der Waals surface area contributed by atoms with Gasteiger partial charge in [0.05, 0.1) is 17.0 Å². The summed E-state index contributed by atoms with van der Waals surface area (Å²) in [5.74, 6) is 4.45. The Morgan fingerprint density at radius 1 is 1.33 bits per heavy atom. The van der Waals surface area contributed by atoms with Gasteiger partial charge in [-0.05, 0) is 31.0 Å². The first-order valence-electron chi connectivity index (χ1n) is 6.84. The van der Waals surface area contributed by atoms with E-state index in [0.29, 0.717) is 12.8 Å². The Morgan fingerprint density at radius 2 is 1.95 bits per heavy atom. The summed E-state index contributed by atoms with van der Waals surface area (Å²) in [7, 11) is -2.18. The minimum atomic E-state index is -3.70. The maximum absolute atomic E-state index is 13.9. The van der Waals surface area contributed by atoms with Crippen molar-refractivity contribution in [3.63, 3.8) is 0 Å². The third kappa shape index (κ3) is 4.03. The molecule has 0 spiro atoms. The van der Waals surface area contributed by atoms with E-state index in [1.54, 1.807) is 0 Å². The van der Waals surface area contributed by atoms with Gasteiger partial charge in [0.2, 0.25) is 10.0 Å². The molecule has 0 unspecified atom stereocenters. The van der Waals surface area contributed by atoms with Crippen LogP contribution in [0, 0.1) is 17.7 Å². The van der Waals surface area contributed by atoms with E-state index in [9.17, 15) is 12.8 Å². The minimum absolute atomic E-state index is 0.0623. The third-order valence-corrected chi connectivity index (χ3v) is 5.31. The summed E-state index contributed by atoms with van der Waals surface area (Å²) in [4.78, 5) is -0.0623. The number of halogens is 1. The van der Waals surface area contributed by atoms with Gasteiger partial charge in [0, 0.05) is 13.1 Å². The second-order valence-electron chi connectivity index (χ2n) is 4.64. The van der Waals surface area contributed by atoms with Crippen LogP contribution in [-0.2, 0) is 10.0 Å². The molecule has 1 rings (SSSR count). The predicted octanol–water partition coefficient (Wildman–Crippen LogP) is 1.95. The van der Waals surface area contributed by atoms with Crippen LogP contribution in [0.3, 0.4) is 0 Å². The number of benzene rings is 1. The van der Waals surface area contributed by atoms with Crippen LogP contribution in [0.4, 0.5) is 4.39 Å². The lowest BCUT2D eigenvalue weighted by Gasteiger charge is -2.25. The quantitative estimate of drug-likeness (QED) is 0.845. The highest BCUT2D eigenvalue weighted by atomic mass is 32.2. The molecule has 4 nitrogen and oxygen atoms in total. The van der Waals surface area contributed by atoms with Crippen LogP contribution in [0.2, 0.25) is 0 Å². The fourth-order valence-electron chi connectivity index (χ4n) is 2.07. The van der Waals surface area contributed by atoms with Crippen molar-refractivity contribution in [2.75, 3.05) is 13.6 Å². The predicted molar refractivity (Wildman–Crippen MR) is 81.7 cm³/mol. The number of nitrogens with zero attached hydrogens (tertiary/aromatic N) is 1. The second kappa shape index (κ2) is 7.55. The van der Waals surface area contributed by atoms with Crippen LogP contribution in [0.5, 0.6) is 0 Å². The second-order valence-corrected chi connectivity index (χ2v) is 6.64. The maximum Gasteiger partial charge on any atom is 0.243 e. The molecule has 0 radical (unpaired) electrons. The molecule has 0 saturated heterocycles. The van der Waals surface area contributed by atoms with Gasteiger partial charge < -0.3 is 5.73 Å². The van der Waals surface area contributed by atoms with Crippen molar-refractivity contribution in [3.8, 4) is 11.8 Å². The summed E-state index contributed by atoms with van der Waals surface area (Å²) in [6.07, 6.45) is 1.41. The average molecular weight is 312 g/mol. The molecule has 0 saturated carbocycles. The lowest BCUT2D eigenvalue weighted by Crippen LogP contribution is -2.36. The van der Waals surface area contributed by atoms with E-state index in [-0.39, 0.29) is 23.0 Å². The Balaban J connectivity index is 3.18. The Labute approximate surface area is 126 Å². The number of nitrogens with two attached hydrogens (primary N) is 1. The molecular weight excluding hydrogens is 291 g/mol. The standard InChI is InChI=1S/C15H21FN2O2S/c1-4-13(5-2)18(3)21(19,20)14-9-8-12(7-6-10-17)15(16)11-14/h8-9,11,13H,4-5,10,17H2,1-3H3. The molecule has 116 valence electrons. The van der Waals surface area contributed by atoms with Gasteiger partial charge in [0.25, 0.3) is 0 Å². The SMILES string of the molecule is CCC(CC)N(C)S(=O)(=O)c1ccc(C#CCN)c(F)c1. The van der Waals surface area contributed by atoms with Crippen molar-refractivity contribution in [1.29, 1.82) is 0 Å². The topological polar surface area (TPSA) is 63.4 Å². The summed E-state index contributed by atoms with van der Waals surface area (Å²) in [5, 5.41) is 0. The minimum Gasteiger partial charge on any atom is -0.320 e. The van der Waals surface area contributed by atoms with Crippen molar-refractivity contribution in [3.05, 3.63) is 29.6 Å². The van der Waals surface area contributed by atoms with E-state index < -0.39 is 15.8 Å². The molecule has 2 N–H and O–H groups in total. The zero-order valence-corrected chi connectivity index (χ0v) is 13.4. The fourth-order valence-corrected chi connectivity index (χ4v) is 3.58. The van der Waals surface area contributed by atoms with Crippen LogP contribution in [0.1, 0.15) is 32.3 Å². The van der Waals surface area contributed by atoms with E-state index in [1.165, 1.54) is 23.5 Å². The van der Waals surface area contributed by atoms with E-state index in [4.69, 9.17) is 5.73 Å². The molecule has 0 bridgehead atoms.